The zero-order valence-electron chi connectivity index (χ0n) is 8.25. The Morgan fingerprint density at radius 3 is 3.08 bits per heavy atom. The lowest BCUT2D eigenvalue weighted by molar-refractivity contribution is 0.180. The van der Waals surface area contributed by atoms with Crippen molar-refractivity contribution in [1.29, 1.82) is 0 Å². The minimum Gasteiger partial charge on any atom is -0.338 e. The number of urea groups is 1. The minimum absolute atomic E-state index is 0.0389. The Bertz CT molecular complexity index is 172. The molecule has 0 spiro atoms. The number of piperidine rings is 1. The van der Waals surface area contributed by atoms with Crippen molar-refractivity contribution in [1.82, 2.24) is 10.2 Å². The molecule has 0 aromatic rings. The van der Waals surface area contributed by atoms with Crippen LogP contribution in [0.25, 0.3) is 0 Å². The minimum atomic E-state index is 0.0389. The molecule has 0 aromatic carbocycles. The third-order valence-corrected chi connectivity index (χ3v) is 2.27. The van der Waals surface area contributed by atoms with Crippen LogP contribution in [0, 0.1) is 0 Å². The number of hydrogen-bond donors (Lipinski definition) is 2. The summed E-state index contributed by atoms with van der Waals surface area (Å²) in [6.45, 7) is 4.35. The molecule has 1 unspecified atom stereocenters. The van der Waals surface area contributed by atoms with E-state index < -0.39 is 0 Å². The van der Waals surface area contributed by atoms with Crippen LogP contribution in [0.5, 0.6) is 0 Å². The van der Waals surface area contributed by atoms with Gasteiger partial charge in [-0.2, -0.15) is 0 Å². The molecule has 1 atom stereocenters. The zero-order valence-corrected chi connectivity index (χ0v) is 8.25. The number of amides is 2. The highest BCUT2D eigenvalue weighted by Gasteiger charge is 2.20. The maximum Gasteiger partial charge on any atom is 0.317 e. The molecule has 4 heteroatoms. The van der Waals surface area contributed by atoms with Gasteiger partial charge in [-0.1, -0.05) is 6.92 Å². The van der Waals surface area contributed by atoms with E-state index >= 15 is 0 Å². The van der Waals surface area contributed by atoms with Gasteiger partial charge >= 0.3 is 6.03 Å². The van der Waals surface area contributed by atoms with Gasteiger partial charge in [0.1, 0.15) is 0 Å². The van der Waals surface area contributed by atoms with Crippen LogP contribution in [0.15, 0.2) is 0 Å². The third-order valence-electron chi connectivity index (χ3n) is 2.27. The first kappa shape index (κ1) is 10.3. The van der Waals surface area contributed by atoms with Gasteiger partial charge in [0.2, 0.25) is 0 Å². The van der Waals surface area contributed by atoms with Crippen molar-refractivity contribution >= 4 is 6.03 Å². The van der Waals surface area contributed by atoms with Crippen molar-refractivity contribution in [2.75, 3.05) is 19.6 Å². The highest BCUT2D eigenvalue weighted by molar-refractivity contribution is 5.74. The maximum absolute atomic E-state index is 11.5. The Morgan fingerprint density at radius 1 is 1.69 bits per heavy atom. The van der Waals surface area contributed by atoms with Crippen LogP contribution in [-0.2, 0) is 0 Å². The molecule has 4 nitrogen and oxygen atoms in total. The number of hydrogen-bond acceptors (Lipinski definition) is 2. The summed E-state index contributed by atoms with van der Waals surface area (Å²) in [5.41, 5.74) is 5.77. The fourth-order valence-corrected chi connectivity index (χ4v) is 1.54. The number of nitrogens with two attached hydrogens (primary N) is 1. The van der Waals surface area contributed by atoms with Crippen molar-refractivity contribution in [3.63, 3.8) is 0 Å². The lowest BCUT2D eigenvalue weighted by Crippen LogP contribution is -2.49. The molecule has 1 fully saturated rings. The molecule has 0 bridgehead atoms. The molecule has 0 saturated carbocycles. The van der Waals surface area contributed by atoms with E-state index in [0.29, 0.717) is 6.54 Å². The number of likely N-dealkylation sites (tertiary alicyclic amines) is 1. The van der Waals surface area contributed by atoms with Crippen LogP contribution in [0.4, 0.5) is 4.79 Å². The molecule has 1 heterocycles. The second kappa shape index (κ2) is 5.07. The summed E-state index contributed by atoms with van der Waals surface area (Å²) in [5, 5.41) is 2.85. The van der Waals surface area contributed by atoms with Crippen molar-refractivity contribution in [3.05, 3.63) is 0 Å². The van der Waals surface area contributed by atoms with Gasteiger partial charge < -0.3 is 16.0 Å². The molecule has 1 saturated heterocycles. The van der Waals surface area contributed by atoms with Crippen LogP contribution in [-0.4, -0.2) is 36.6 Å². The van der Waals surface area contributed by atoms with Crippen LogP contribution in [0.3, 0.4) is 0 Å². The molecule has 1 aliphatic rings. The highest BCUT2D eigenvalue weighted by Crippen LogP contribution is 2.07. The smallest absolute Gasteiger partial charge is 0.317 e. The first-order valence-corrected chi connectivity index (χ1v) is 5.02. The normalized spacial score (nSPS) is 22.9. The molecular weight excluding hydrogens is 166 g/mol. The first-order valence-electron chi connectivity index (χ1n) is 5.02. The monoisotopic (exact) mass is 185 g/mol. The van der Waals surface area contributed by atoms with Gasteiger partial charge in [-0.3, -0.25) is 0 Å². The Morgan fingerprint density at radius 2 is 2.46 bits per heavy atom. The SMILES string of the molecule is CCCNC(=O)N1CCCC(N)C1. The van der Waals surface area contributed by atoms with Crippen LogP contribution >= 0.6 is 0 Å². The van der Waals surface area contributed by atoms with E-state index in [9.17, 15) is 4.79 Å². The van der Waals surface area contributed by atoms with Gasteiger partial charge in [0, 0.05) is 25.7 Å². The predicted molar refractivity (Wildman–Crippen MR) is 52.5 cm³/mol. The van der Waals surface area contributed by atoms with Gasteiger partial charge in [0.25, 0.3) is 0 Å². The van der Waals surface area contributed by atoms with E-state index in [1.807, 2.05) is 11.8 Å². The lowest BCUT2D eigenvalue weighted by Gasteiger charge is -2.30. The molecule has 76 valence electrons. The van der Waals surface area contributed by atoms with Crippen LogP contribution in [0.1, 0.15) is 26.2 Å². The summed E-state index contributed by atoms with van der Waals surface area (Å²) in [5.74, 6) is 0. The molecular formula is C9H19N3O. The van der Waals surface area contributed by atoms with E-state index in [0.717, 1.165) is 32.4 Å². The summed E-state index contributed by atoms with van der Waals surface area (Å²) in [6.07, 6.45) is 3.05. The largest absolute Gasteiger partial charge is 0.338 e. The van der Waals surface area contributed by atoms with Gasteiger partial charge in [-0.25, -0.2) is 4.79 Å². The van der Waals surface area contributed by atoms with E-state index in [4.69, 9.17) is 5.73 Å². The number of rotatable bonds is 2. The van der Waals surface area contributed by atoms with E-state index in [2.05, 4.69) is 5.32 Å². The van der Waals surface area contributed by atoms with Gasteiger partial charge in [0.05, 0.1) is 0 Å². The topological polar surface area (TPSA) is 58.4 Å². The number of nitrogens with one attached hydrogen (secondary N) is 1. The molecule has 2 amide bonds. The van der Waals surface area contributed by atoms with Gasteiger partial charge in [-0.05, 0) is 19.3 Å². The predicted octanol–water partition coefficient (Wildman–Crippen LogP) is 0.529. The second-order valence-electron chi connectivity index (χ2n) is 3.58. The molecule has 13 heavy (non-hydrogen) atoms. The summed E-state index contributed by atoms with van der Waals surface area (Å²) in [7, 11) is 0. The molecule has 0 aromatic heterocycles. The number of nitrogens with zero attached hydrogens (tertiary/aromatic N) is 1. The van der Waals surface area contributed by atoms with Crippen molar-refractivity contribution < 1.29 is 4.79 Å². The van der Waals surface area contributed by atoms with Crippen LogP contribution in [0.2, 0.25) is 0 Å². The Labute approximate surface area is 79.5 Å². The maximum atomic E-state index is 11.5. The van der Waals surface area contributed by atoms with E-state index in [1.165, 1.54) is 0 Å². The second-order valence-corrected chi connectivity index (χ2v) is 3.58. The molecule has 1 aliphatic heterocycles. The Kier molecular flexibility index (Phi) is 4.02. The number of carbonyl (C=O) groups is 1. The van der Waals surface area contributed by atoms with Gasteiger partial charge in [-0.15, -0.1) is 0 Å². The van der Waals surface area contributed by atoms with Crippen molar-refractivity contribution in [3.8, 4) is 0 Å². The molecule has 3 N–H and O–H groups in total. The standard InChI is InChI=1S/C9H19N3O/c1-2-5-11-9(13)12-6-3-4-8(10)7-12/h8H,2-7,10H2,1H3,(H,11,13). The number of carbonyl (C=O) groups excluding carboxylic acids is 1. The Hall–Kier alpha value is -0.770. The molecule has 0 aliphatic carbocycles. The van der Waals surface area contributed by atoms with Crippen LogP contribution < -0.4 is 11.1 Å². The summed E-state index contributed by atoms with van der Waals surface area (Å²) in [4.78, 5) is 13.3. The average Bonchev–Trinajstić information content (AvgIpc) is 2.14. The molecule has 0 radical (unpaired) electrons. The van der Waals surface area contributed by atoms with E-state index in [1.54, 1.807) is 0 Å². The Balaban J connectivity index is 2.28. The summed E-state index contributed by atoms with van der Waals surface area (Å²) in [6, 6.07) is 0.207. The van der Waals surface area contributed by atoms with E-state index in [-0.39, 0.29) is 12.1 Å². The summed E-state index contributed by atoms with van der Waals surface area (Å²) < 4.78 is 0. The summed E-state index contributed by atoms with van der Waals surface area (Å²) >= 11 is 0. The highest BCUT2D eigenvalue weighted by atomic mass is 16.2. The fraction of sp³-hybridized carbons (Fsp3) is 0.889. The lowest BCUT2D eigenvalue weighted by atomic mass is 10.1. The quantitative estimate of drug-likeness (QED) is 0.659. The first-order chi connectivity index (χ1) is 6.24. The van der Waals surface area contributed by atoms with Gasteiger partial charge in [0.15, 0.2) is 0 Å². The average molecular weight is 185 g/mol. The van der Waals surface area contributed by atoms with Crippen molar-refractivity contribution in [2.45, 2.75) is 32.2 Å². The zero-order chi connectivity index (χ0) is 9.68. The third kappa shape index (κ3) is 3.22. The van der Waals surface area contributed by atoms with Crippen molar-refractivity contribution in [2.24, 2.45) is 5.73 Å². The molecule has 1 rings (SSSR count). The fourth-order valence-electron chi connectivity index (χ4n) is 1.54.